The lowest BCUT2D eigenvalue weighted by Crippen LogP contribution is -2.54. The van der Waals surface area contributed by atoms with Gasteiger partial charge in [0.15, 0.2) is 0 Å². The number of piperidine rings is 1. The van der Waals surface area contributed by atoms with Crippen LogP contribution in [0.1, 0.15) is 40.0 Å². The summed E-state index contributed by atoms with van der Waals surface area (Å²) < 4.78 is 27.9. The first-order valence-electron chi connectivity index (χ1n) is 5.52. The van der Waals surface area contributed by atoms with E-state index in [9.17, 15) is 13.2 Å². The van der Waals surface area contributed by atoms with Crippen LogP contribution in [0.3, 0.4) is 0 Å². The molecule has 0 amide bonds. The third kappa shape index (κ3) is 3.54. The lowest BCUT2D eigenvalue weighted by molar-refractivity contribution is -0.111. The molecule has 1 heterocycles. The molecule has 1 unspecified atom stereocenters. The standard InChI is InChI=1S/C10H20N2O3S/c1-10(2,3)11-16(14,15)12-7-5-4-6-9(12)8-13/h8-9,11H,4-7H2,1-3H3. The molecule has 1 atom stereocenters. The van der Waals surface area contributed by atoms with Gasteiger partial charge in [-0.15, -0.1) is 0 Å². The molecule has 1 saturated heterocycles. The molecule has 0 bridgehead atoms. The summed E-state index contributed by atoms with van der Waals surface area (Å²) in [5.41, 5.74) is -0.524. The molecular formula is C10H20N2O3S. The molecule has 1 fully saturated rings. The van der Waals surface area contributed by atoms with E-state index in [4.69, 9.17) is 0 Å². The third-order valence-electron chi connectivity index (χ3n) is 2.40. The van der Waals surface area contributed by atoms with E-state index in [2.05, 4.69) is 4.72 Å². The molecule has 6 heteroatoms. The molecule has 1 rings (SSSR count). The molecule has 5 nitrogen and oxygen atoms in total. The molecule has 0 aromatic heterocycles. The quantitative estimate of drug-likeness (QED) is 0.747. The van der Waals surface area contributed by atoms with Crippen LogP contribution in [0.5, 0.6) is 0 Å². The maximum atomic E-state index is 12.0. The fraction of sp³-hybridized carbons (Fsp3) is 0.900. The van der Waals surface area contributed by atoms with E-state index in [0.29, 0.717) is 13.0 Å². The first kappa shape index (κ1) is 13.6. The summed E-state index contributed by atoms with van der Waals surface area (Å²) in [5.74, 6) is 0. The number of hydrogen-bond acceptors (Lipinski definition) is 3. The van der Waals surface area contributed by atoms with Crippen molar-refractivity contribution < 1.29 is 13.2 Å². The fourth-order valence-corrected chi connectivity index (χ4v) is 3.58. The molecule has 16 heavy (non-hydrogen) atoms. The minimum Gasteiger partial charge on any atom is -0.302 e. The van der Waals surface area contributed by atoms with Crippen LogP contribution in [0, 0.1) is 0 Å². The Morgan fingerprint density at radius 2 is 1.94 bits per heavy atom. The Bertz CT molecular complexity index is 346. The SMILES string of the molecule is CC(C)(C)NS(=O)(=O)N1CCCCC1C=O. The predicted octanol–water partition coefficient (Wildman–Crippen LogP) is 0.673. The maximum absolute atomic E-state index is 12.0. The van der Waals surface area contributed by atoms with Crippen LogP contribution < -0.4 is 4.72 Å². The van der Waals surface area contributed by atoms with E-state index in [1.807, 2.05) is 0 Å². The van der Waals surface area contributed by atoms with Gasteiger partial charge in [0, 0.05) is 12.1 Å². The lowest BCUT2D eigenvalue weighted by Gasteiger charge is -2.33. The van der Waals surface area contributed by atoms with E-state index in [1.54, 1.807) is 20.8 Å². The average molecular weight is 248 g/mol. The van der Waals surface area contributed by atoms with E-state index in [-0.39, 0.29) is 0 Å². The number of nitrogens with zero attached hydrogens (tertiary/aromatic N) is 1. The molecule has 0 spiro atoms. The zero-order chi connectivity index (χ0) is 12.4. The van der Waals surface area contributed by atoms with Gasteiger partial charge in [-0.2, -0.15) is 17.4 Å². The van der Waals surface area contributed by atoms with Gasteiger partial charge in [0.25, 0.3) is 10.2 Å². The molecular weight excluding hydrogens is 228 g/mol. The van der Waals surface area contributed by atoms with Gasteiger partial charge in [0.05, 0.1) is 6.04 Å². The van der Waals surface area contributed by atoms with Crippen molar-refractivity contribution in [2.75, 3.05) is 6.54 Å². The van der Waals surface area contributed by atoms with E-state index in [1.165, 1.54) is 4.31 Å². The normalized spacial score (nSPS) is 24.3. The number of carbonyl (C=O) groups is 1. The second-order valence-corrected chi connectivity index (χ2v) is 6.79. The summed E-state index contributed by atoms with van der Waals surface area (Å²) in [5, 5.41) is 0. The van der Waals surface area contributed by atoms with Crippen LogP contribution in [0.15, 0.2) is 0 Å². The molecule has 0 aromatic carbocycles. The van der Waals surface area contributed by atoms with Crippen LogP contribution in [-0.2, 0) is 15.0 Å². The summed E-state index contributed by atoms with van der Waals surface area (Å²) in [6.07, 6.45) is 3.07. The van der Waals surface area contributed by atoms with Gasteiger partial charge in [-0.3, -0.25) is 0 Å². The molecule has 0 saturated carbocycles. The van der Waals surface area contributed by atoms with Gasteiger partial charge >= 0.3 is 0 Å². The average Bonchev–Trinajstić information content (AvgIpc) is 2.14. The molecule has 94 valence electrons. The Morgan fingerprint density at radius 1 is 1.31 bits per heavy atom. The van der Waals surface area contributed by atoms with Gasteiger partial charge < -0.3 is 4.79 Å². The Kier molecular flexibility index (Phi) is 4.09. The maximum Gasteiger partial charge on any atom is 0.280 e. The highest BCUT2D eigenvalue weighted by atomic mass is 32.2. The summed E-state index contributed by atoms with van der Waals surface area (Å²) >= 11 is 0. The second kappa shape index (κ2) is 4.81. The first-order valence-corrected chi connectivity index (χ1v) is 6.96. The Labute approximate surface area is 97.4 Å². The fourth-order valence-electron chi connectivity index (χ4n) is 1.81. The second-order valence-electron chi connectivity index (χ2n) is 5.17. The molecule has 1 aliphatic heterocycles. The largest absolute Gasteiger partial charge is 0.302 e. The van der Waals surface area contributed by atoms with Gasteiger partial charge in [-0.05, 0) is 33.6 Å². The first-order chi connectivity index (χ1) is 7.26. The highest BCUT2D eigenvalue weighted by Crippen LogP contribution is 2.19. The van der Waals surface area contributed by atoms with Crippen LogP contribution in [-0.4, -0.2) is 37.1 Å². The minimum atomic E-state index is -3.55. The van der Waals surface area contributed by atoms with Crippen molar-refractivity contribution >= 4 is 16.5 Å². The zero-order valence-corrected chi connectivity index (χ0v) is 10.9. The summed E-state index contributed by atoms with van der Waals surface area (Å²) in [4.78, 5) is 10.8. The number of nitrogens with one attached hydrogen (secondary N) is 1. The smallest absolute Gasteiger partial charge is 0.280 e. The van der Waals surface area contributed by atoms with E-state index in [0.717, 1.165) is 19.1 Å². The van der Waals surface area contributed by atoms with Crippen molar-refractivity contribution in [1.29, 1.82) is 0 Å². The molecule has 0 aromatic rings. The van der Waals surface area contributed by atoms with Crippen molar-refractivity contribution in [3.63, 3.8) is 0 Å². The van der Waals surface area contributed by atoms with Crippen molar-refractivity contribution in [3.8, 4) is 0 Å². The van der Waals surface area contributed by atoms with Crippen molar-refractivity contribution in [2.45, 2.75) is 51.6 Å². The van der Waals surface area contributed by atoms with E-state index >= 15 is 0 Å². The molecule has 0 aliphatic carbocycles. The van der Waals surface area contributed by atoms with Crippen molar-refractivity contribution in [3.05, 3.63) is 0 Å². The van der Waals surface area contributed by atoms with Gasteiger partial charge in [-0.25, -0.2) is 0 Å². The number of hydrogen-bond donors (Lipinski definition) is 1. The van der Waals surface area contributed by atoms with E-state index < -0.39 is 21.8 Å². The monoisotopic (exact) mass is 248 g/mol. The Morgan fingerprint density at radius 3 is 2.44 bits per heavy atom. The minimum absolute atomic E-state index is 0.425. The van der Waals surface area contributed by atoms with Crippen molar-refractivity contribution in [2.24, 2.45) is 0 Å². The predicted molar refractivity (Wildman–Crippen MR) is 62.2 cm³/mol. The summed E-state index contributed by atoms with van der Waals surface area (Å²) in [7, 11) is -3.55. The van der Waals surface area contributed by atoms with Gasteiger partial charge in [0.1, 0.15) is 6.29 Å². The van der Waals surface area contributed by atoms with Crippen LogP contribution in [0.4, 0.5) is 0 Å². The topological polar surface area (TPSA) is 66.5 Å². The molecule has 1 aliphatic rings. The lowest BCUT2D eigenvalue weighted by atomic mass is 10.1. The molecule has 1 N–H and O–H groups in total. The van der Waals surface area contributed by atoms with Crippen LogP contribution in [0.2, 0.25) is 0 Å². The number of aldehydes is 1. The van der Waals surface area contributed by atoms with Gasteiger partial charge in [0.2, 0.25) is 0 Å². The third-order valence-corrected chi connectivity index (χ3v) is 4.34. The summed E-state index contributed by atoms with van der Waals surface area (Å²) in [6.45, 7) is 5.77. The summed E-state index contributed by atoms with van der Waals surface area (Å²) in [6, 6.07) is -0.506. The highest BCUT2D eigenvalue weighted by Gasteiger charge is 2.34. The van der Waals surface area contributed by atoms with Gasteiger partial charge in [-0.1, -0.05) is 6.42 Å². The number of rotatable bonds is 3. The molecule has 0 radical (unpaired) electrons. The van der Waals surface area contributed by atoms with Crippen molar-refractivity contribution in [1.82, 2.24) is 9.03 Å². The zero-order valence-electron chi connectivity index (χ0n) is 10.1. The number of carbonyl (C=O) groups excluding carboxylic acids is 1. The van der Waals surface area contributed by atoms with Crippen LogP contribution >= 0.6 is 0 Å². The Hall–Kier alpha value is -0.460. The van der Waals surface area contributed by atoms with Crippen LogP contribution in [0.25, 0.3) is 0 Å². The Balaban J connectivity index is 2.84. The highest BCUT2D eigenvalue weighted by molar-refractivity contribution is 7.87.